The number of hydrogen-bond donors (Lipinski definition) is 0. The molecule has 1 atom stereocenters. The average Bonchev–Trinajstić information content (AvgIpc) is 3.20. The van der Waals surface area contributed by atoms with Gasteiger partial charge in [0.25, 0.3) is 0 Å². The minimum atomic E-state index is 0.226. The minimum Gasteiger partial charge on any atom is -0.478 e. The third-order valence-corrected chi connectivity index (χ3v) is 7.48. The lowest BCUT2D eigenvalue weighted by atomic mass is 9.54. The van der Waals surface area contributed by atoms with E-state index in [9.17, 15) is 0 Å². The van der Waals surface area contributed by atoms with Gasteiger partial charge in [-0.05, 0) is 85.6 Å². The molecule has 5 fully saturated rings. The Morgan fingerprint density at radius 1 is 1.00 bits per heavy atom. The molecule has 4 bridgehead atoms. The standard InChI is InChI=1S/C21H21NOS/c1-2-4-18-16(3-1)22-19(24-18)6-5-17-21(23-17)20-14-8-12-7-13(10-14)11-15(20)9-12/h1-6,12-15,17H,7-11H2/b6-5+,21-20?. The number of nitrogens with zero attached hydrogens (tertiary/aromatic N) is 1. The van der Waals surface area contributed by atoms with Gasteiger partial charge >= 0.3 is 0 Å². The quantitative estimate of drug-likeness (QED) is 0.685. The zero-order chi connectivity index (χ0) is 15.7. The number of hydrogen-bond acceptors (Lipinski definition) is 3. The van der Waals surface area contributed by atoms with Gasteiger partial charge in [-0.3, -0.25) is 0 Å². The molecule has 3 heteroatoms. The Morgan fingerprint density at radius 3 is 2.50 bits per heavy atom. The van der Waals surface area contributed by atoms with E-state index in [1.807, 2.05) is 0 Å². The first-order valence-electron chi connectivity index (χ1n) is 9.28. The number of aromatic nitrogens is 1. The van der Waals surface area contributed by atoms with Gasteiger partial charge in [0.1, 0.15) is 10.8 Å². The summed E-state index contributed by atoms with van der Waals surface area (Å²) in [5, 5.41) is 1.08. The van der Waals surface area contributed by atoms with E-state index in [-0.39, 0.29) is 6.10 Å². The van der Waals surface area contributed by atoms with E-state index in [0.717, 1.165) is 34.2 Å². The van der Waals surface area contributed by atoms with Crippen molar-refractivity contribution in [2.75, 3.05) is 0 Å². The molecule has 122 valence electrons. The molecule has 1 saturated heterocycles. The lowest BCUT2D eigenvalue weighted by Gasteiger charge is -2.50. The maximum atomic E-state index is 6.01. The van der Waals surface area contributed by atoms with Gasteiger partial charge in [-0.2, -0.15) is 0 Å². The predicted molar refractivity (Wildman–Crippen MR) is 97.6 cm³/mol. The smallest absolute Gasteiger partial charge is 0.174 e. The largest absolute Gasteiger partial charge is 0.478 e. The van der Waals surface area contributed by atoms with Crippen molar-refractivity contribution in [3.05, 3.63) is 46.7 Å². The summed E-state index contributed by atoms with van der Waals surface area (Å²) in [6.45, 7) is 0. The first-order valence-corrected chi connectivity index (χ1v) is 10.1. The maximum absolute atomic E-state index is 6.01. The molecule has 1 unspecified atom stereocenters. The van der Waals surface area contributed by atoms with Crippen LogP contribution in [0.25, 0.3) is 16.3 Å². The Kier molecular flexibility index (Phi) is 2.82. The van der Waals surface area contributed by atoms with Gasteiger partial charge in [0.2, 0.25) is 0 Å². The fraction of sp³-hybridized carbons (Fsp3) is 0.476. The van der Waals surface area contributed by atoms with Crippen molar-refractivity contribution < 1.29 is 4.74 Å². The molecule has 2 heterocycles. The van der Waals surface area contributed by atoms with Crippen LogP contribution >= 0.6 is 11.3 Å². The predicted octanol–water partition coefficient (Wildman–Crippen LogP) is 5.42. The highest BCUT2D eigenvalue weighted by Gasteiger charge is 2.50. The monoisotopic (exact) mass is 335 g/mol. The number of epoxide rings is 1. The SMILES string of the molecule is C(=C\C1OC1=C1C2CC3CC(C2)CC1C3)/c1nc2ccccc2s1. The second-order valence-corrected chi connectivity index (χ2v) is 9.10. The molecular weight excluding hydrogens is 314 g/mol. The fourth-order valence-electron chi connectivity index (χ4n) is 5.69. The van der Waals surface area contributed by atoms with Crippen LogP contribution in [0.5, 0.6) is 0 Å². The Morgan fingerprint density at radius 2 is 1.75 bits per heavy atom. The topological polar surface area (TPSA) is 25.4 Å². The van der Waals surface area contributed by atoms with Gasteiger partial charge in [-0.15, -0.1) is 11.3 Å². The van der Waals surface area contributed by atoms with Gasteiger partial charge < -0.3 is 4.74 Å². The molecule has 0 amide bonds. The van der Waals surface area contributed by atoms with Crippen molar-refractivity contribution in [2.24, 2.45) is 23.7 Å². The number of para-hydroxylation sites is 1. The molecule has 1 aromatic carbocycles. The highest BCUT2D eigenvalue weighted by Crippen LogP contribution is 2.59. The summed E-state index contributed by atoms with van der Waals surface area (Å²) in [4.78, 5) is 4.68. The second kappa shape index (κ2) is 4.95. The number of benzene rings is 1. The molecule has 0 radical (unpaired) electrons. The molecule has 5 aliphatic rings. The van der Waals surface area contributed by atoms with Crippen molar-refractivity contribution in [3.63, 3.8) is 0 Å². The summed E-state index contributed by atoms with van der Waals surface area (Å²) in [6.07, 6.45) is 11.8. The van der Waals surface area contributed by atoms with Crippen LogP contribution in [0.15, 0.2) is 41.7 Å². The summed E-state index contributed by atoms with van der Waals surface area (Å²) in [5.41, 5.74) is 2.81. The van der Waals surface area contributed by atoms with E-state index in [0.29, 0.717) is 0 Å². The van der Waals surface area contributed by atoms with Crippen LogP contribution < -0.4 is 0 Å². The van der Waals surface area contributed by atoms with E-state index < -0.39 is 0 Å². The molecule has 2 aromatic rings. The van der Waals surface area contributed by atoms with E-state index in [2.05, 4.69) is 41.4 Å². The van der Waals surface area contributed by atoms with Crippen molar-refractivity contribution in [1.29, 1.82) is 0 Å². The summed E-state index contributed by atoms with van der Waals surface area (Å²) < 4.78 is 7.27. The Hall–Kier alpha value is -1.61. The minimum absolute atomic E-state index is 0.226. The molecule has 4 aliphatic carbocycles. The van der Waals surface area contributed by atoms with Crippen molar-refractivity contribution in [2.45, 2.75) is 38.2 Å². The molecule has 1 aliphatic heterocycles. The molecule has 0 spiro atoms. The third-order valence-electron chi connectivity index (χ3n) is 6.48. The molecule has 0 N–H and O–H groups in total. The molecule has 1 aromatic heterocycles. The van der Waals surface area contributed by atoms with Gasteiger partial charge in [-0.1, -0.05) is 12.1 Å². The van der Waals surface area contributed by atoms with Gasteiger partial charge in [-0.25, -0.2) is 4.98 Å². The maximum Gasteiger partial charge on any atom is 0.174 e. The second-order valence-electron chi connectivity index (χ2n) is 8.04. The zero-order valence-corrected chi connectivity index (χ0v) is 14.5. The molecular formula is C21H21NOS. The van der Waals surface area contributed by atoms with Crippen LogP contribution in [-0.4, -0.2) is 11.1 Å². The number of ether oxygens (including phenoxy) is 1. The Balaban J connectivity index is 1.25. The number of allylic oxidation sites excluding steroid dienone is 1. The number of thiazole rings is 1. The lowest BCUT2D eigenvalue weighted by Crippen LogP contribution is -2.40. The normalized spacial score (nSPS) is 36.8. The number of rotatable bonds is 2. The van der Waals surface area contributed by atoms with Gasteiger partial charge in [0.15, 0.2) is 6.10 Å². The van der Waals surface area contributed by atoms with Crippen LogP contribution in [0.4, 0.5) is 0 Å². The van der Waals surface area contributed by atoms with Crippen molar-refractivity contribution in [3.8, 4) is 0 Å². The highest BCUT2D eigenvalue weighted by atomic mass is 32.1. The van der Waals surface area contributed by atoms with Gasteiger partial charge in [0.05, 0.1) is 10.2 Å². The Bertz CT molecular complexity index is 814. The summed E-state index contributed by atoms with van der Waals surface area (Å²) in [5.74, 6) is 5.05. The number of fused-ring (bicyclic) bond motifs is 1. The molecule has 4 saturated carbocycles. The van der Waals surface area contributed by atoms with Crippen LogP contribution in [-0.2, 0) is 4.74 Å². The van der Waals surface area contributed by atoms with E-state index >= 15 is 0 Å². The average molecular weight is 335 g/mol. The highest BCUT2D eigenvalue weighted by molar-refractivity contribution is 7.19. The first kappa shape index (κ1) is 13.7. The Labute approximate surface area is 146 Å². The van der Waals surface area contributed by atoms with E-state index in [1.165, 1.54) is 42.6 Å². The summed E-state index contributed by atoms with van der Waals surface area (Å²) in [6, 6.07) is 8.35. The molecule has 7 rings (SSSR count). The van der Waals surface area contributed by atoms with Crippen LogP contribution in [0.2, 0.25) is 0 Å². The van der Waals surface area contributed by atoms with E-state index in [1.54, 1.807) is 16.9 Å². The van der Waals surface area contributed by atoms with Crippen molar-refractivity contribution in [1.82, 2.24) is 4.98 Å². The summed E-state index contributed by atoms with van der Waals surface area (Å²) in [7, 11) is 0. The summed E-state index contributed by atoms with van der Waals surface area (Å²) >= 11 is 1.76. The van der Waals surface area contributed by atoms with Crippen LogP contribution in [0.3, 0.4) is 0 Å². The fourth-order valence-corrected chi connectivity index (χ4v) is 6.57. The van der Waals surface area contributed by atoms with E-state index in [4.69, 9.17) is 4.74 Å². The molecule has 2 nitrogen and oxygen atoms in total. The molecule has 24 heavy (non-hydrogen) atoms. The van der Waals surface area contributed by atoms with Crippen LogP contribution in [0.1, 0.15) is 37.1 Å². The van der Waals surface area contributed by atoms with Crippen LogP contribution in [0, 0.1) is 23.7 Å². The lowest BCUT2D eigenvalue weighted by molar-refractivity contribution is 0.0679. The zero-order valence-electron chi connectivity index (χ0n) is 13.7. The first-order chi connectivity index (χ1) is 11.8. The van der Waals surface area contributed by atoms with Gasteiger partial charge in [0, 0.05) is 0 Å². The third kappa shape index (κ3) is 2.10. The van der Waals surface area contributed by atoms with Crippen molar-refractivity contribution >= 4 is 27.6 Å².